The van der Waals surface area contributed by atoms with E-state index in [4.69, 9.17) is 4.74 Å². The van der Waals surface area contributed by atoms with E-state index < -0.39 is 4.92 Å². The van der Waals surface area contributed by atoms with E-state index in [1.165, 1.54) is 6.07 Å². The zero-order valence-corrected chi connectivity index (χ0v) is 15.4. The number of nitrogens with zero attached hydrogens (tertiary/aromatic N) is 2. The van der Waals surface area contributed by atoms with E-state index in [0.717, 1.165) is 5.56 Å². The Bertz CT molecular complexity index is 815. The van der Waals surface area contributed by atoms with E-state index in [2.05, 4.69) is 5.32 Å². The highest BCUT2D eigenvalue weighted by molar-refractivity contribution is 5.95. The normalized spacial score (nSPS) is 19.6. The van der Waals surface area contributed by atoms with Crippen LogP contribution in [0.25, 0.3) is 0 Å². The van der Waals surface area contributed by atoms with Crippen LogP contribution in [0.2, 0.25) is 0 Å². The minimum absolute atomic E-state index is 0.0560. The van der Waals surface area contributed by atoms with Crippen LogP contribution < -0.4 is 5.32 Å². The van der Waals surface area contributed by atoms with Crippen molar-refractivity contribution in [2.75, 3.05) is 18.4 Å². The van der Waals surface area contributed by atoms with Crippen molar-refractivity contribution in [2.24, 2.45) is 0 Å². The van der Waals surface area contributed by atoms with Gasteiger partial charge in [0.15, 0.2) is 0 Å². The highest BCUT2D eigenvalue weighted by Gasteiger charge is 2.28. The number of benzene rings is 2. The highest BCUT2D eigenvalue weighted by Crippen LogP contribution is 2.27. The smallest absolute Gasteiger partial charge is 0.293 e. The number of amides is 1. The van der Waals surface area contributed by atoms with Crippen LogP contribution in [0.4, 0.5) is 11.4 Å². The van der Waals surface area contributed by atoms with Gasteiger partial charge in [-0.15, -0.1) is 0 Å². The molecule has 1 fully saturated rings. The first-order valence-electron chi connectivity index (χ1n) is 8.95. The van der Waals surface area contributed by atoms with Gasteiger partial charge >= 0.3 is 0 Å². The standard InChI is InChI=1S/C20H23N3O4/c1-14-12-22(13-15(2)27-14)20(24)17-8-9-18(19(10-17)23(25)26)21-11-16-6-4-3-5-7-16/h3-10,14-15,21H,11-13H2,1-2H3. The number of rotatable bonds is 5. The van der Waals surface area contributed by atoms with Crippen molar-refractivity contribution in [1.82, 2.24) is 4.90 Å². The monoisotopic (exact) mass is 369 g/mol. The van der Waals surface area contributed by atoms with Crippen LogP contribution in [0, 0.1) is 10.1 Å². The molecule has 2 atom stereocenters. The van der Waals surface area contributed by atoms with Crippen LogP contribution in [0.1, 0.15) is 29.8 Å². The van der Waals surface area contributed by atoms with Crippen LogP contribution in [0.15, 0.2) is 48.5 Å². The zero-order chi connectivity index (χ0) is 19.4. The van der Waals surface area contributed by atoms with Gasteiger partial charge < -0.3 is 15.0 Å². The molecule has 1 aliphatic rings. The fraction of sp³-hybridized carbons (Fsp3) is 0.350. The van der Waals surface area contributed by atoms with Gasteiger partial charge in [0.1, 0.15) is 5.69 Å². The van der Waals surface area contributed by atoms with Crippen molar-refractivity contribution < 1.29 is 14.5 Å². The maximum absolute atomic E-state index is 12.8. The first kappa shape index (κ1) is 18.8. The summed E-state index contributed by atoms with van der Waals surface area (Å²) in [6, 6.07) is 14.2. The molecule has 0 saturated carbocycles. The number of hydrogen-bond acceptors (Lipinski definition) is 5. The van der Waals surface area contributed by atoms with Gasteiger partial charge in [0, 0.05) is 31.3 Å². The molecule has 2 aromatic carbocycles. The molecule has 1 N–H and O–H groups in total. The van der Waals surface area contributed by atoms with E-state index in [-0.39, 0.29) is 23.8 Å². The summed E-state index contributed by atoms with van der Waals surface area (Å²) in [4.78, 5) is 25.5. The number of anilines is 1. The lowest BCUT2D eigenvalue weighted by Crippen LogP contribution is -2.48. The average Bonchev–Trinajstić information content (AvgIpc) is 2.65. The molecule has 1 amide bonds. The summed E-state index contributed by atoms with van der Waals surface area (Å²) >= 11 is 0. The fourth-order valence-electron chi connectivity index (χ4n) is 3.28. The molecule has 0 aromatic heterocycles. The Morgan fingerprint density at radius 1 is 1.19 bits per heavy atom. The predicted molar refractivity (Wildman–Crippen MR) is 103 cm³/mol. The molecular formula is C20H23N3O4. The SMILES string of the molecule is CC1CN(C(=O)c2ccc(NCc3ccccc3)c([N+](=O)[O-])c2)CC(C)O1. The lowest BCUT2D eigenvalue weighted by Gasteiger charge is -2.35. The molecule has 3 rings (SSSR count). The van der Waals surface area contributed by atoms with Crippen molar-refractivity contribution in [3.63, 3.8) is 0 Å². The van der Waals surface area contributed by atoms with Crippen LogP contribution in [0.5, 0.6) is 0 Å². The quantitative estimate of drug-likeness (QED) is 0.644. The molecule has 0 spiro atoms. The maximum Gasteiger partial charge on any atom is 0.293 e. The number of carbonyl (C=O) groups is 1. The lowest BCUT2D eigenvalue weighted by atomic mass is 10.1. The Morgan fingerprint density at radius 2 is 1.85 bits per heavy atom. The molecule has 1 saturated heterocycles. The molecule has 7 heteroatoms. The molecule has 1 heterocycles. The Morgan fingerprint density at radius 3 is 2.48 bits per heavy atom. The Hall–Kier alpha value is -2.93. The third kappa shape index (κ3) is 4.62. The molecular weight excluding hydrogens is 346 g/mol. The predicted octanol–water partition coefficient (Wildman–Crippen LogP) is 3.46. The van der Waals surface area contributed by atoms with E-state index >= 15 is 0 Å². The number of hydrogen-bond donors (Lipinski definition) is 1. The molecule has 2 unspecified atom stereocenters. The van der Waals surface area contributed by atoms with Gasteiger partial charge in [-0.05, 0) is 31.5 Å². The number of ether oxygens (including phenoxy) is 1. The molecule has 2 aromatic rings. The Balaban J connectivity index is 1.78. The summed E-state index contributed by atoms with van der Waals surface area (Å²) in [6.07, 6.45) is -0.112. The van der Waals surface area contributed by atoms with Crippen molar-refractivity contribution in [3.05, 3.63) is 69.8 Å². The number of morpholine rings is 1. The third-order valence-electron chi connectivity index (χ3n) is 4.47. The van der Waals surface area contributed by atoms with E-state index in [1.807, 2.05) is 44.2 Å². The molecule has 7 nitrogen and oxygen atoms in total. The van der Waals surface area contributed by atoms with Gasteiger partial charge in [0.05, 0.1) is 17.1 Å². The largest absolute Gasteiger partial charge is 0.375 e. The van der Waals surface area contributed by atoms with Gasteiger partial charge in [0.25, 0.3) is 11.6 Å². The van der Waals surface area contributed by atoms with Crippen LogP contribution in [0.3, 0.4) is 0 Å². The second kappa shape index (κ2) is 8.18. The minimum Gasteiger partial charge on any atom is -0.375 e. The maximum atomic E-state index is 12.8. The summed E-state index contributed by atoms with van der Waals surface area (Å²) in [5, 5.41) is 14.6. The van der Waals surface area contributed by atoms with Crippen LogP contribution >= 0.6 is 0 Å². The molecule has 0 aliphatic carbocycles. The van der Waals surface area contributed by atoms with Crippen LogP contribution in [-0.4, -0.2) is 41.0 Å². The van der Waals surface area contributed by atoms with E-state index in [1.54, 1.807) is 17.0 Å². The van der Waals surface area contributed by atoms with Gasteiger partial charge in [-0.2, -0.15) is 0 Å². The van der Waals surface area contributed by atoms with Gasteiger partial charge in [-0.3, -0.25) is 14.9 Å². The minimum atomic E-state index is -0.464. The molecule has 142 valence electrons. The summed E-state index contributed by atoms with van der Waals surface area (Å²) < 4.78 is 5.65. The summed E-state index contributed by atoms with van der Waals surface area (Å²) in [5.74, 6) is -0.213. The Kier molecular flexibility index (Phi) is 5.71. The van der Waals surface area contributed by atoms with Crippen molar-refractivity contribution in [1.29, 1.82) is 0 Å². The average molecular weight is 369 g/mol. The fourth-order valence-corrected chi connectivity index (χ4v) is 3.28. The second-order valence-electron chi connectivity index (χ2n) is 6.80. The topological polar surface area (TPSA) is 84.7 Å². The van der Waals surface area contributed by atoms with Crippen molar-refractivity contribution in [2.45, 2.75) is 32.6 Å². The molecule has 27 heavy (non-hydrogen) atoms. The number of nitro groups is 1. The lowest BCUT2D eigenvalue weighted by molar-refractivity contribution is -0.384. The van der Waals surface area contributed by atoms with Crippen molar-refractivity contribution in [3.8, 4) is 0 Å². The zero-order valence-electron chi connectivity index (χ0n) is 15.4. The third-order valence-corrected chi connectivity index (χ3v) is 4.47. The summed E-state index contributed by atoms with van der Waals surface area (Å²) in [5.41, 5.74) is 1.62. The molecule has 0 bridgehead atoms. The van der Waals surface area contributed by atoms with Gasteiger partial charge in [0.2, 0.25) is 0 Å². The molecule has 0 radical (unpaired) electrons. The highest BCUT2D eigenvalue weighted by atomic mass is 16.6. The molecule has 1 aliphatic heterocycles. The number of carbonyl (C=O) groups excluding carboxylic acids is 1. The van der Waals surface area contributed by atoms with Gasteiger partial charge in [-0.1, -0.05) is 30.3 Å². The number of nitrogens with one attached hydrogen (secondary N) is 1. The van der Waals surface area contributed by atoms with E-state index in [0.29, 0.717) is 30.9 Å². The van der Waals surface area contributed by atoms with Gasteiger partial charge in [-0.25, -0.2) is 0 Å². The summed E-state index contributed by atoms with van der Waals surface area (Å²) in [6.45, 7) is 5.24. The number of nitro benzene ring substituents is 1. The summed E-state index contributed by atoms with van der Waals surface area (Å²) in [7, 11) is 0. The van der Waals surface area contributed by atoms with Crippen LogP contribution in [-0.2, 0) is 11.3 Å². The Labute approximate surface area is 158 Å². The second-order valence-corrected chi connectivity index (χ2v) is 6.80. The first-order valence-corrected chi connectivity index (χ1v) is 8.95. The van der Waals surface area contributed by atoms with E-state index in [9.17, 15) is 14.9 Å². The van der Waals surface area contributed by atoms with Crippen molar-refractivity contribution >= 4 is 17.3 Å². The first-order chi connectivity index (χ1) is 12.9.